The number of aromatic nitrogens is 1. The monoisotopic (exact) mass is 362 g/mol. The Hall–Kier alpha value is -2.02. The van der Waals surface area contributed by atoms with Gasteiger partial charge in [-0.3, -0.25) is 9.59 Å². The number of rotatable bonds is 6. The number of amides is 1. The van der Waals surface area contributed by atoms with Gasteiger partial charge >= 0.3 is 5.97 Å². The molecule has 0 bridgehead atoms. The summed E-state index contributed by atoms with van der Waals surface area (Å²) in [5.41, 5.74) is 1.43. The summed E-state index contributed by atoms with van der Waals surface area (Å²) in [7, 11) is 0. The van der Waals surface area contributed by atoms with Crippen molar-refractivity contribution in [2.45, 2.75) is 43.9 Å². The normalized spacial score (nSPS) is 20.4. The van der Waals surface area contributed by atoms with Crippen LogP contribution in [0.15, 0.2) is 33.9 Å². The molecule has 1 aromatic heterocycles. The Morgan fingerprint density at radius 2 is 2.04 bits per heavy atom. The van der Waals surface area contributed by atoms with E-state index in [2.05, 4.69) is 17.2 Å². The lowest BCUT2D eigenvalue weighted by Gasteiger charge is -2.26. The van der Waals surface area contributed by atoms with Gasteiger partial charge in [0, 0.05) is 6.04 Å². The zero-order valence-corrected chi connectivity index (χ0v) is 15.0. The van der Waals surface area contributed by atoms with Crippen LogP contribution in [0.1, 0.15) is 32.6 Å². The molecule has 6 nitrogen and oxygen atoms in total. The van der Waals surface area contributed by atoms with Crippen LogP contribution in [0.2, 0.25) is 0 Å². The Balaban J connectivity index is 1.36. The molecule has 1 aromatic carbocycles. The standard InChI is InChI=1S/C18H22N2O4S/c1-12-6-8-13(9-7-12)19-16(21)10-23-17(22)11-25-18-20-14-4-2-3-5-15(14)24-18/h2-5,12-13H,6-11H2,1H3,(H,19,21). The van der Waals surface area contributed by atoms with Crippen molar-refractivity contribution in [3.8, 4) is 0 Å². The van der Waals surface area contributed by atoms with Gasteiger partial charge in [0.25, 0.3) is 11.1 Å². The number of thioether (sulfide) groups is 1. The van der Waals surface area contributed by atoms with Crippen molar-refractivity contribution in [1.29, 1.82) is 0 Å². The van der Waals surface area contributed by atoms with Crippen molar-refractivity contribution in [3.05, 3.63) is 24.3 Å². The number of nitrogens with one attached hydrogen (secondary N) is 1. The van der Waals surface area contributed by atoms with Gasteiger partial charge in [-0.2, -0.15) is 0 Å². The highest BCUT2D eigenvalue weighted by atomic mass is 32.2. The number of benzene rings is 1. The number of oxazole rings is 1. The quantitative estimate of drug-likeness (QED) is 0.628. The van der Waals surface area contributed by atoms with Crippen molar-refractivity contribution in [2.75, 3.05) is 12.4 Å². The Bertz CT molecular complexity index is 705. The lowest BCUT2D eigenvalue weighted by Crippen LogP contribution is -2.39. The molecule has 0 spiro atoms. The lowest BCUT2D eigenvalue weighted by molar-refractivity contribution is -0.146. The minimum absolute atomic E-state index is 0.0566. The first-order valence-electron chi connectivity index (χ1n) is 8.53. The van der Waals surface area contributed by atoms with Gasteiger partial charge in [-0.05, 0) is 43.7 Å². The van der Waals surface area contributed by atoms with E-state index in [4.69, 9.17) is 9.15 Å². The minimum Gasteiger partial charge on any atom is -0.455 e. The van der Waals surface area contributed by atoms with Gasteiger partial charge < -0.3 is 14.5 Å². The van der Waals surface area contributed by atoms with Crippen LogP contribution in [0.4, 0.5) is 0 Å². The van der Waals surface area contributed by atoms with Crippen molar-refractivity contribution in [1.82, 2.24) is 10.3 Å². The van der Waals surface area contributed by atoms with E-state index in [1.54, 1.807) is 0 Å². The molecule has 1 N–H and O–H groups in total. The van der Waals surface area contributed by atoms with E-state index in [1.807, 2.05) is 24.3 Å². The Morgan fingerprint density at radius 3 is 2.80 bits per heavy atom. The second kappa shape index (κ2) is 8.38. The molecule has 0 aliphatic heterocycles. The first-order chi connectivity index (χ1) is 12.1. The minimum atomic E-state index is -0.459. The fourth-order valence-corrected chi connectivity index (χ4v) is 3.53. The van der Waals surface area contributed by atoms with E-state index >= 15 is 0 Å². The summed E-state index contributed by atoms with van der Waals surface area (Å²) in [6.45, 7) is 1.99. The average molecular weight is 362 g/mol. The van der Waals surface area contributed by atoms with Crippen molar-refractivity contribution < 1.29 is 18.7 Å². The van der Waals surface area contributed by atoms with E-state index in [0.29, 0.717) is 10.8 Å². The first kappa shape index (κ1) is 17.8. The number of hydrogen-bond donors (Lipinski definition) is 1. The number of nitrogens with zero attached hydrogens (tertiary/aromatic N) is 1. The molecule has 1 aliphatic carbocycles. The molecular weight excluding hydrogens is 340 g/mol. The molecule has 134 valence electrons. The molecule has 1 fully saturated rings. The van der Waals surface area contributed by atoms with E-state index in [0.717, 1.165) is 48.9 Å². The van der Waals surface area contributed by atoms with Crippen LogP contribution < -0.4 is 5.32 Å². The number of fused-ring (bicyclic) bond motifs is 1. The number of esters is 1. The third-order valence-corrected chi connectivity index (χ3v) is 5.13. The third-order valence-electron chi connectivity index (χ3n) is 4.33. The number of carbonyl (C=O) groups is 2. The Morgan fingerprint density at radius 1 is 1.28 bits per heavy atom. The number of carbonyl (C=O) groups excluding carboxylic acids is 2. The molecular formula is C18H22N2O4S. The summed E-state index contributed by atoms with van der Waals surface area (Å²) in [5, 5.41) is 3.35. The topological polar surface area (TPSA) is 81.4 Å². The van der Waals surface area contributed by atoms with E-state index in [-0.39, 0.29) is 24.3 Å². The maximum Gasteiger partial charge on any atom is 0.316 e. The SMILES string of the molecule is CC1CCC(NC(=O)COC(=O)CSc2nc3ccccc3o2)CC1. The molecule has 1 heterocycles. The van der Waals surface area contributed by atoms with Gasteiger partial charge in [0.15, 0.2) is 12.2 Å². The number of hydrogen-bond acceptors (Lipinski definition) is 6. The van der Waals surface area contributed by atoms with Crippen molar-refractivity contribution in [3.63, 3.8) is 0 Å². The van der Waals surface area contributed by atoms with Gasteiger partial charge in [0.1, 0.15) is 11.3 Å². The molecule has 0 radical (unpaired) electrons. The van der Waals surface area contributed by atoms with Crippen molar-refractivity contribution >= 4 is 34.7 Å². The van der Waals surface area contributed by atoms with Crippen LogP contribution in [0.3, 0.4) is 0 Å². The van der Waals surface area contributed by atoms with Gasteiger partial charge in [-0.15, -0.1) is 0 Å². The highest BCUT2D eigenvalue weighted by Crippen LogP contribution is 2.24. The maximum absolute atomic E-state index is 11.9. The van der Waals surface area contributed by atoms with Crippen LogP contribution in [0.5, 0.6) is 0 Å². The smallest absolute Gasteiger partial charge is 0.316 e. The summed E-state index contributed by atoms with van der Waals surface area (Å²) < 4.78 is 10.5. The van der Waals surface area contributed by atoms with Crippen LogP contribution in [-0.2, 0) is 14.3 Å². The first-order valence-corrected chi connectivity index (χ1v) is 9.52. The molecule has 2 aromatic rings. The molecule has 0 unspecified atom stereocenters. The molecule has 0 atom stereocenters. The van der Waals surface area contributed by atoms with Crippen LogP contribution >= 0.6 is 11.8 Å². The largest absolute Gasteiger partial charge is 0.455 e. The van der Waals surface area contributed by atoms with E-state index < -0.39 is 5.97 Å². The molecule has 25 heavy (non-hydrogen) atoms. The van der Waals surface area contributed by atoms with Crippen molar-refractivity contribution in [2.24, 2.45) is 5.92 Å². The lowest BCUT2D eigenvalue weighted by atomic mass is 9.87. The summed E-state index contributed by atoms with van der Waals surface area (Å²) in [6, 6.07) is 7.61. The van der Waals surface area contributed by atoms with Crippen LogP contribution in [0, 0.1) is 5.92 Å². The fourth-order valence-electron chi connectivity index (χ4n) is 2.89. The van der Waals surface area contributed by atoms with Gasteiger partial charge in [-0.25, -0.2) is 4.98 Å². The molecule has 1 aliphatic rings. The molecule has 1 saturated carbocycles. The zero-order chi connectivity index (χ0) is 17.6. The van der Waals surface area contributed by atoms with Gasteiger partial charge in [0.05, 0.1) is 0 Å². The molecule has 0 saturated heterocycles. The second-order valence-electron chi connectivity index (χ2n) is 6.42. The van der Waals surface area contributed by atoms with E-state index in [1.165, 1.54) is 0 Å². The third kappa shape index (κ3) is 5.22. The Labute approximate surface area is 150 Å². The molecule has 3 rings (SSSR count). The number of ether oxygens (including phenoxy) is 1. The summed E-state index contributed by atoms with van der Waals surface area (Å²) in [4.78, 5) is 27.9. The average Bonchev–Trinajstić information content (AvgIpc) is 3.03. The molecule has 1 amide bonds. The van der Waals surface area contributed by atoms with Crippen LogP contribution in [-0.4, -0.2) is 35.3 Å². The predicted octanol–water partition coefficient (Wildman–Crippen LogP) is 3.16. The maximum atomic E-state index is 11.9. The number of para-hydroxylation sites is 2. The van der Waals surface area contributed by atoms with Crippen LogP contribution in [0.25, 0.3) is 11.1 Å². The van der Waals surface area contributed by atoms with Gasteiger partial charge in [0.2, 0.25) is 0 Å². The predicted molar refractivity (Wildman–Crippen MR) is 95.3 cm³/mol. The highest BCUT2D eigenvalue weighted by molar-refractivity contribution is 7.99. The van der Waals surface area contributed by atoms with E-state index in [9.17, 15) is 9.59 Å². The highest BCUT2D eigenvalue weighted by Gasteiger charge is 2.20. The zero-order valence-electron chi connectivity index (χ0n) is 14.2. The second-order valence-corrected chi connectivity index (χ2v) is 7.35. The Kier molecular flexibility index (Phi) is 5.96. The van der Waals surface area contributed by atoms with Gasteiger partial charge in [-0.1, -0.05) is 30.8 Å². The summed E-state index contributed by atoms with van der Waals surface area (Å²) in [5.74, 6) is 0.0930. The molecule has 7 heteroatoms. The summed E-state index contributed by atoms with van der Waals surface area (Å²) in [6.07, 6.45) is 4.25. The summed E-state index contributed by atoms with van der Waals surface area (Å²) >= 11 is 1.16. The fraction of sp³-hybridized carbons (Fsp3) is 0.500.